The topological polar surface area (TPSA) is 104 Å². The molecule has 0 unspecified atom stereocenters. The summed E-state index contributed by atoms with van der Waals surface area (Å²) in [6.07, 6.45) is 1.27. The third-order valence-electron chi connectivity index (χ3n) is 5.79. The lowest BCUT2D eigenvalue weighted by Gasteiger charge is -2.25. The second kappa shape index (κ2) is 10.7. The van der Waals surface area contributed by atoms with Gasteiger partial charge in [0.05, 0.1) is 6.04 Å². The van der Waals surface area contributed by atoms with Gasteiger partial charge in [-0.2, -0.15) is 0 Å². The summed E-state index contributed by atoms with van der Waals surface area (Å²) in [5, 5.41) is 12.2. The van der Waals surface area contributed by atoms with E-state index in [0.29, 0.717) is 31.4 Å². The largest absolute Gasteiger partial charge is 0.480 e. The van der Waals surface area contributed by atoms with Crippen molar-refractivity contribution < 1.29 is 24.3 Å². The molecule has 2 N–H and O–H groups in total. The number of carbonyl (C=O) groups excluding carboxylic acids is 3. The Bertz CT molecular complexity index is 961. The highest BCUT2D eigenvalue weighted by Gasteiger charge is 2.36. The molecule has 1 aliphatic heterocycles. The smallest absolute Gasteiger partial charge is 0.326 e. The molecule has 7 nitrogen and oxygen atoms in total. The van der Waals surface area contributed by atoms with Gasteiger partial charge in [0.1, 0.15) is 6.04 Å². The van der Waals surface area contributed by atoms with E-state index >= 15 is 0 Å². The fraction of sp³-hybridized carbons (Fsp3) is 0.360. The van der Waals surface area contributed by atoms with Gasteiger partial charge in [-0.25, -0.2) is 4.79 Å². The molecule has 0 radical (unpaired) electrons. The molecule has 2 aromatic rings. The average molecular weight is 437 g/mol. The quantitative estimate of drug-likeness (QED) is 0.629. The number of likely N-dealkylation sites (tertiary alicyclic amines) is 1. The molecule has 1 heterocycles. The first kappa shape index (κ1) is 23.2. The molecule has 32 heavy (non-hydrogen) atoms. The van der Waals surface area contributed by atoms with Gasteiger partial charge < -0.3 is 15.3 Å². The van der Waals surface area contributed by atoms with Crippen LogP contribution in [0.1, 0.15) is 42.1 Å². The minimum atomic E-state index is -1.02. The Hall–Kier alpha value is -3.48. The Labute approximate surface area is 187 Å². The molecular formula is C25H28N2O5. The fourth-order valence-corrected chi connectivity index (χ4v) is 4.05. The van der Waals surface area contributed by atoms with Crippen LogP contribution in [0.25, 0.3) is 0 Å². The number of nitrogens with zero attached hydrogens (tertiary/aromatic N) is 1. The maximum atomic E-state index is 13.3. The average Bonchev–Trinajstić information content (AvgIpc) is 3.30. The number of ketones is 1. The number of carboxylic acids is 1. The Balaban J connectivity index is 1.72. The molecule has 3 atom stereocenters. The van der Waals surface area contributed by atoms with Crippen molar-refractivity contribution in [1.29, 1.82) is 0 Å². The molecule has 7 heteroatoms. The molecule has 168 valence electrons. The third-order valence-corrected chi connectivity index (χ3v) is 5.79. The molecule has 2 aromatic carbocycles. The Morgan fingerprint density at radius 3 is 2.28 bits per heavy atom. The Morgan fingerprint density at radius 1 is 1.03 bits per heavy atom. The van der Waals surface area contributed by atoms with Gasteiger partial charge in [-0.3, -0.25) is 14.4 Å². The highest BCUT2D eigenvalue weighted by Crippen LogP contribution is 2.21. The molecule has 1 aliphatic rings. The van der Waals surface area contributed by atoms with Crippen molar-refractivity contribution in [2.24, 2.45) is 5.92 Å². The van der Waals surface area contributed by atoms with Crippen molar-refractivity contribution in [2.45, 2.75) is 44.7 Å². The van der Waals surface area contributed by atoms with E-state index in [4.69, 9.17) is 0 Å². The number of aliphatic carboxylic acids is 1. The minimum absolute atomic E-state index is 0.0882. The van der Waals surface area contributed by atoms with E-state index < -0.39 is 24.0 Å². The van der Waals surface area contributed by atoms with Crippen molar-refractivity contribution in [2.75, 3.05) is 6.54 Å². The van der Waals surface area contributed by atoms with Gasteiger partial charge in [-0.1, -0.05) is 55.5 Å². The number of benzene rings is 2. The van der Waals surface area contributed by atoms with Crippen molar-refractivity contribution in [1.82, 2.24) is 10.2 Å². The number of hydrogen-bond acceptors (Lipinski definition) is 4. The molecular weight excluding hydrogens is 408 g/mol. The lowest BCUT2D eigenvalue weighted by molar-refractivity contribution is -0.148. The maximum absolute atomic E-state index is 13.3. The Morgan fingerprint density at radius 2 is 1.66 bits per heavy atom. The summed E-state index contributed by atoms with van der Waals surface area (Å²) in [6.45, 7) is 2.04. The van der Waals surface area contributed by atoms with Crippen molar-refractivity contribution in [3.05, 3.63) is 71.8 Å². The first-order valence-corrected chi connectivity index (χ1v) is 10.8. The van der Waals surface area contributed by atoms with Crippen LogP contribution in [0.2, 0.25) is 0 Å². The molecule has 0 bridgehead atoms. The number of hydrogen-bond donors (Lipinski definition) is 2. The summed E-state index contributed by atoms with van der Waals surface area (Å²) < 4.78 is 0. The van der Waals surface area contributed by atoms with Crippen LogP contribution in [0.15, 0.2) is 60.7 Å². The van der Waals surface area contributed by atoms with Crippen molar-refractivity contribution in [3.63, 3.8) is 0 Å². The zero-order valence-corrected chi connectivity index (χ0v) is 18.1. The highest BCUT2D eigenvalue weighted by molar-refractivity contribution is 5.99. The standard InChI is InChI=1S/C25H28N2O5/c1-17(15-22(28)27-14-8-13-21(27)25(31)32)23(29)20(16-18-9-4-2-5-10-18)26-24(30)19-11-6-3-7-12-19/h2-7,9-12,17,20-21H,8,13-16H2,1H3,(H,26,30)(H,31,32)/t17-,20+,21-/m0/s1. The molecule has 0 saturated carbocycles. The normalized spacial score (nSPS) is 17.4. The first-order valence-electron chi connectivity index (χ1n) is 10.8. The van der Waals surface area contributed by atoms with Crippen molar-refractivity contribution >= 4 is 23.6 Å². The minimum Gasteiger partial charge on any atom is -0.480 e. The van der Waals surface area contributed by atoms with Crippen LogP contribution in [-0.4, -0.2) is 52.2 Å². The molecule has 3 rings (SSSR count). The third kappa shape index (κ3) is 5.81. The number of rotatable bonds is 9. The predicted octanol–water partition coefficient (Wildman–Crippen LogP) is 2.70. The summed E-state index contributed by atoms with van der Waals surface area (Å²) in [4.78, 5) is 51.5. The van der Waals surface area contributed by atoms with Gasteiger partial charge >= 0.3 is 5.97 Å². The monoisotopic (exact) mass is 436 g/mol. The highest BCUT2D eigenvalue weighted by atomic mass is 16.4. The summed E-state index contributed by atoms with van der Waals surface area (Å²) in [7, 11) is 0. The number of carbonyl (C=O) groups is 4. The van der Waals surface area contributed by atoms with Gasteiger partial charge in [0, 0.05) is 24.4 Å². The van der Waals surface area contributed by atoms with E-state index in [1.165, 1.54) is 4.90 Å². The summed E-state index contributed by atoms with van der Waals surface area (Å²) in [5.74, 6) is -2.64. The van der Waals surface area contributed by atoms with E-state index in [-0.39, 0.29) is 24.0 Å². The Kier molecular flexibility index (Phi) is 7.76. The lowest BCUT2D eigenvalue weighted by atomic mass is 9.91. The first-order chi connectivity index (χ1) is 15.4. The maximum Gasteiger partial charge on any atom is 0.326 e. The van der Waals surface area contributed by atoms with E-state index in [2.05, 4.69) is 5.32 Å². The van der Waals surface area contributed by atoms with Crippen molar-refractivity contribution in [3.8, 4) is 0 Å². The summed E-state index contributed by atoms with van der Waals surface area (Å²) in [6, 6.07) is 16.4. The molecule has 1 fully saturated rings. The predicted molar refractivity (Wildman–Crippen MR) is 119 cm³/mol. The fourth-order valence-electron chi connectivity index (χ4n) is 4.05. The van der Waals surface area contributed by atoms with E-state index in [1.807, 2.05) is 30.3 Å². The number of carboxylic acid groups (broad SMARTS) is 1. The van der Waals surface area contributed by atoms with Crippen LogP contribution in [0, 0.1) is 5.92 Å². The molecule has 1 saturated heterocycles. The SMILES string of the molecule is C[C@@H](CC(=O)N1CCC[C@H]1C(=O)O)C(=O)[C@@H](Cc1ccccc1)NC(=O)c1ccccc1. The number of Topliss-reactive ketones (excluding diaryl/α,β-unsaturated/α-hetero) is 1. The van der Waals surface area contributed by atoms with Crippen LogP contribution < -0.4 is 5.32 Å². The molecule has 0 aromatic heterocycles. The summed E-state index contributed by atoms with van der Waals surface area (Å²) >= 11 is 0. The number of nitrogens with one attached hydrogen (secondary N) is 1. The second-order valence-electron chi connectivity index (χ2n) is 8.17. The van der Waals surface area contributed by atoms with Crippen LogP contribution in [-0.2, 0) is 20.8 Å². The van der Waals surface area contributed by atoms with Crippen LogP contribution in [0.5, 0.6) is 0 Å². The van der Waals surface area contributed by atoms with Crippen LogP contribution in [0.3, 0.4) is 0 Å². The van der Waals surface area contributed by atoms with Gasteiger partial charge in [0.2, 0.25) is 5.91 Å². The summed E-state index contributed by atoms with van der Waals surface area (Å²) in [5.41, 5.74) is 1.34. The molecule has 0 spiro atoms. The van der Waals surface area contributed by atoms with Gasteiger partial charge in [0.25, 0.3) is 5.91 Å². The van der Waals surface area contributed by atoms with Crippen LogP contribution in [0.4, 0.5) is 0 Å². The lowest BCUT2D eigenvalue weighted by Crippen LogP contribution is -2.46. The van der Waals surface area contributed by atoms with E-state index in [9.17, 15) is 24.3 Å². The zero-order valence-electron chi connectivity index (χ0n) is 18.1. The second-order valence-corrected chi connectivity index (χ2v) is 8.17. The van der Waals surface area contributed by atoms with E-state index in [1.54, 1.807) is 37.3 Å². The van der Waals surface area contributed by atoms with Gasteiger partial charge in [-0.05, 0) is 37.0 Å². The van der Waals surface area contributed by atoms with Crippen LogP contribution >= 0.6 is 0 Å². The number of amides is 2. The molecule has 0 aliphatic carbocycles. The van der Waals surface area contributed by atoms with E-state index in [0.717, 1.165) is 5.56 Å². The van der Waals surface area contributed by atoms with Gasteiger partial charge in [-0.15, -0.1) is 0 Å². The molecule has 2 amide bonds. The van der Waals surface area contributed by atoms with Gasteiger partial charge in [0.15, 0.2) is 5.78 Å². The zero-order chi connectivity index (χ0) is 23.1.